The average Bonchev–Trinajstić information content (AvgIpc) is 3.15. The highest BCUT2D eigenvalue weighted by molar-refractivity contribution is 7.89. The summed E-state index contributed by atoms with van der Waals surface area (Å²) in [5.41, 5.74) is 2.99. The lowest BCUT2D eigenvalue weighted by Gasteiger charge is -2.23. The molecule has 1 unspecified atom stereocenters. The van der Waals surface area contributed by atoms with Crippen LogP contribution >= 0.6 is 0 Å². The highest BCUT2D eigenvalue weighted by atomic mass is 32.2. The van der Waals surface area contributed by atoms with E-state index in [9.17, 15) is 18.0 Å². The van der Waals surface area contributed by atoms with Crippen LogP contribution in [0.4, 0.5) is 10.5 Å². The zero-order valence-corrected chi connectivity index (χ0v) is 23.0. The van der Waals surface area contributed by atoms with E-state index in [1.807, 2.05) is 37.3 Å². The molecule has 0 fully saturated rings. The van der Waals surface area contributed by atoms with Crippen molar-refractivity contribution in [1.82, 2.24) is 4.72 Å². The van der Waals surface area contributed by atoms with Gasteiger partial charge in [-0.05, 0) is 64.8 Å². The molecule has 0 saturated heterocycles. The maximum absolute atomic E-state index is 13.6. The Morgan fingerprint density at radius 3 is 2.18 bits per heavy atom. The van der Waals surface area contributed by atoms with Crippen molar-refractivity contribution in [2.75, 3.05) is 4.90 Å². The van der Waals surface area contributed by atoms with Crippen molar-refractivity contribution in [3.05, 3.63) is 101 Å². The molecule has 1 aliphatic heterocycles. The molecule has 1 N–H and O–H groups in total. The molecule has 38 heavy (non-hydrogen) atoms. The number of hydrogen-bond donors (Lipinski definition) is 1. The quantitative estimate of drug-likeness (QED) is 0.384. The fourth-order valence-electron chi connectivity index (χ4n) is 4.41. The van der Waals surface area contributed by atoms with Gasteiger partial charge in [0.15, 0.2) is 0 Å². The minimum absolute atomic E-state index is 0.160. The Morgan fingerprint density at radius 2 is 1.55 bits per heavy atom. The van der Waals surface area contributed by atoms with E-state index in [4.69, 9.17) is 4.74 Å². The summed E-state index contributed by atoms with van der Waals surface area (Å²) in [7, 11) is -3.85. The number of carbonyl (C=O) groups excluding carboxylic acids is 2. The van der Waals surface area contributed by atoms with E-state index in [0.29, 0.717) is 22.4 Å². The molecule has 198 valence electrons. The van der Waals surface area contributed by atoms with E-state index in [0.717, 1.165) is 16.0 Å². The van der Waals surface area contributed by atoms with E-state index in [2.05, 4.69) is 4.72 Å². The number of benzene rings is 3. The van der Waals surface area contributed by atoms with E-state index >= 15 is 0 Å². The van der Waals surface area contributed by atoms with Gasteiger partial charge < -0.3 is 4.74 Å². The van der Waals surface area contributed by atoms with E-state index in [-0.39, 0.29) is 11.3 Å². The van der Waals surface area contributed by atoms with Crippen LogP contribution in [-0.2, 0) is 19.6 Å². The minimum atomic E-state index is -3.85. The SMILES string of the molecule is C/C(CC(NS(=O)(=O)c1ccc(C)cc1)c1ccccc1)=C1/C(=O)N(C(=O)OC(C)(C)C)c2ccccc21. The molecule has 3 aromatic carbocycles. The number of aryl methyl sites for hydroxylation is 1. The standard InChI is InChI=1S/C30H32N2O5S/c1-20-15-17-23(18-16-20)38(35,36)31-25(22-11-7-6-8-12-22)19-21(2)27-24-13-9-10-14-26(24)32(28(27)33)29(34)37-30(3,4)5/h6-18,25,31H,19H2,1-5H3/b27-21-. The van der Waals surface area contributed by atoms with Gasteiger partial charge in [-0.1, -0.05) is 71.8 Å². The van der Waals surface area contributed by atoms with Crippen LogP contribution in [0.15, 0.2) is 89.3 Å². The number of imide groups is 1. The van der Waals surface area contributed by atoms with E-state index in [1.54, 1.807) is 76.2 Å². The monoisotopic (exact) mass is 532 g/mol. The molecule has 2 amide bonds. The molecule has 1 heterocycles. The lowest BCUT2D eigenvalue weighted by atomic mass is 9.94. The number of ether oxygens (including phenoxy) is 1. The van der Waals surface area contributed by atoms with Gasteiger partial charge in [-0.2, -0.15) is 0 Å². The van der Waals surface area contributed by atoms with Crippen molar-refractivity contribution in [2.24, 2.45) is 0 Å². The number of fused-ring (bicyclic) bond motifs is 1. The van der Waals surface area contributed by atoms with Gasteiger partial charge in [0.2, 0.25) is 10.0 Å². The van der Waals surface area contributed by atoms with Crippen LogP contribution in [0.2, 0.25) is 0 Å². The van der Waals surface area contributed by atoms with Crippen LogP contribution in [0.5, 0.6) is 0 Å². The normalized spacial score (nSPS) is 15.7. The number of rotatable bonds is 6. The smallest absolute Gasteiger partial charge is 0.422 e. The Labute approximate surface area is 224 Å². The fourth-order valence-corrected chi connectivity index (χ4v) is 5.64. The Bertz CT molecular complexity index is 1490. The molecule has 0 saturated carbocycles. The lowest BCUT2D eigenvalue weighted by molar-refractivity contribution is -0.112. The zero-order valence-electron chi connectivity index (χ0n) is 22.2. The predicted octanol–water partition coefficient (Wildman–Crippen LogP) is 6.16. The highest BCUT2D eigenvalue weighted by Crippen LogP contribution is 2.41. The number of anilines is 1. The lowest BCUT2D eigenvalue weighted by Crippen LogP contribution is -2.38. The second-order valence-corrected chi connectivity index (χ2v) is 12.1. The highest BCUT2D eigenvalue weighted by Gasteiger charge is 2.40. The molecule has 0 radical (unpaired) electrons. The van der Waals surface area contributed by atoms with Gasteiger partial charge in [0.25, 0.3) is 5.91 Å². The van der Waals surface area contributed by atoms with Gasteiger partial charge >= 0.3 is 6.09 Å². The number of para-hydroxylation sites is 1. The molecule has 3 aromatic rings. The molecule has 8 heteroatoms. The van der Waals surface area contributed by atoms with Crippen molar-refractivity contribution in [1.29, 1.82) is 0 Å². The summed E-state index contributed by atoms with van der Waals surface area (Å²) in [5.74, 6) is -0.494. The zero-order chi connectivity index (χ0) is 27.7. The Balaban J connectivity index is 1.73. The van der Waals surface area contributed by atoms with Crippen molar-refractivity contribution < 1.29 is 22.7 Å². The van der Waals surface area contributed by atoms with Crippen LogP contribution in [0, 0.1) is 6.92 Å². The van der Waals surface area contributed by atoms with Crippen LogP contribution in [-0.4, -0.2) is 26.0 Å². The predicted molar refractivity (Wildman–Crippen MR) is 148 cm³/mol. The topological polar surface area (TPSA) is 92.8 Å². The van der Waals surface area contributed by atoms with Crippen molar-refractivity contribution in [2.45, 2.75) is 57.6 Å². The molecule has 1 aliphatic rings. The molecule has 0 aromatic heterocycles. The molecule has 4 rings (SSSR count). The molecule has 0 bridgehead atoms. The van der Waals surface area contributed by atoms with Crippen molar-refractivity contribution in [3.63, 3.8) is 0 Å². The minimum Gasteiger partial charge on any atom is -0.443 e. The Hall–Kier alpha value is -3.75. The Morgan fingerprint density at radius 1 is 0.947 bits per heavy atom. The first-order valence-corrected chi connectivity index (χ1v) is 13.9. The van der Waals surface area contributed by atoms with Crippen LogP contribution in [0.3, 0.4) is 0 Å². The number of hydrogen-bond acceptors (Lipinski definition) is 5. The summed E-state index contributed by atoms with van der Waals surface area (Å²) in [6.07, 6.45) is -0.537. The van der Waals surface area contributed by atoms with Crippen LogP contribution in [0.25, 0.3) is 5.57 Å². The third-order valence-electron chi connectivity index (χ3n) is 6.18. The summed E-state index contributed by atoms with van der Waals surface area (Å²) in [6, 6.07) is 22.2. The number of nitrogens with zero attached hydrogens (tertiary/aromatic N) is 1. The van der Waals surface area contributed by atoms with E-state index in [1.165, 1.54) is 0 Å². The number of carbonyl (C=O) groups is 2. The summed E-state index contributed by atoms with van der Waals surface area (Å²) in [5, 5.41) is 0. The second-order valence-electron chi connectivity index (χ2n) is 10.4. The molecule has 7 nitrogen and oxygen atoms in total. The Kier molecular flexibility index (Phi) is 7.58. The fraction of sp³-hybridized carbons (Fsp3) is 0.267. The van der Waals surface area contributed by atoms with Crippen LogP contribution < -0.4 is 9.62 Å². The average molecular weight is 533 g/mol. The van der Waals surface area contributed by atoms with Gasteiger partial charge in [0.1, 0.15) is 5.60 Å². The number of amides is 2. The van der Waals surface area contributed by atoms with Crippen molar-refractivity contribution in [3.8, 4) is 0 Å². The molecule has 0 spiro atoms. The number of sulfonamides is 1. The van der Waals surface area contributed by atoms with Gasteiger partial charge in [-0.15, -0.1) is 0 Å². The third-order valence-corrected chi connectivity index (χ3v) is 7.66. The summed E-state index contributed by atoms with van der Waals surface area (Å²) >= 11 is 0. The summed E-state index contributed by atoms with van der Waals surface area (Å²) < 4.78 is 34.9. The van der Waals surface area contributed by atoms with Gasteiger partial charge in [-0.25, -0.2) is 22.8 Å². The molecular weight excluding hydrogens is 500 g/mol. The summed E-state index contributed by atoms with van der Waals surface area (Å²) in [6.45, 7) is 8.90. The third kappa shape index (κ3) is 5.87. The van der Waals surface area contributed by atoms with Gasteiger partial charge in [0, 0.05) is 11.1 Å². The summed E-state index contributed by atoms with van der Waals surface area (Å²) in [4.78, 5) is 27.8. The first-order valence-electron chi connectivity index (χ1n) is 12.4. The maximum atomic E-state index is 13.6. The van der Waals surface area contributed by atoms with Gasteiger partial charge in [-0.3, -0.25) is 4.79 Å². The molecular formula is C30H32N2O5S. The van der Waals surface area contributed by atoms with Crippen LogP contribution in [0.1, 0.15) is 56.8 Å². The van der Waals surface area contributed by atoms with Gasteiger partial charge in [0.05, 0.1) is 16.6 Å². The largest absolute Gasteiger partial charge is 0.443 e. The van der Waals surface area contributed by atoms with Crippen molar-refractivity contribution >= 4 is 33.3 Å². The first kappa shape index (κ1) is 27.3. The molecule has 0 aliphatic carbocycles. The first-order chi connectivity index (χ1) is 17.9. The maximum Gasteiger partial charge on any atom is 0.422 e. The second kappa shape index (κ2) is 10.6. The van der Waals surface area contributed by atoms with E-state index < -0.39 is 33.7 Å². The number of nitrogens with one attached hydrogen (secondary N) is 1. The molecule has 1 atom stereocenters.